The van der Waals surface area contributed by atoms with Gasteiger partial charge in [0.15, 0.2) is 0 Å². The summed E-state index contributed by atoms with van der Waals surface area (Å²) in [5, 5.41) is 9.79. The van der Waals surface area contributed by atoms with Crippen molar-refractivity contribution in [1.82, 2.24) is 0 Å². The molecule has 1 rings (SSSR count). The molecule has 0 aromatic carbocycles. The van der Waals surface area contributed by atoms with Crippen molar-refractivity contribution < 1.29 is 14.6 Å². The van der Waals surface area contributed by atoms with Gasteiger partial charge in [0, 0.05) is 0 Å². The van der Waals surface area contributed by atoms with E-state index in [-0.39, 0.29) is 12.2 Å². The van der Waals surface area contributed by atoms with Crippen LogP contribution in [-0.4, -0.2) is 37.1 Å². The molecule has 1 aliphatic carbocycles. The topological polar surface area (TPSA) is 38.7 Å². The Morgan fingerprint density at radius 1 is 1.20 bits per heavy atom. The molecule has 0 spiro atoms. The van der Waals surface area contributed by atoms with E-state index in [0.29, 0.717) is 25.7 Å². The van der Waals surface area contributed by atoms with E-state index in [2.05, 4.69) is 0 Å². The molecule has 0 amide bonds. The first-order valence-electron chi connectivity index (χ1n) is 6.07. The van der Waals surface area contributed by atoms with Crippen LogP contribution in [0, 0.1) is 5.92 Å². The first kappa shape index (κ1) is 12.9. The molecule has 1 unspecified atom stereocenters. The van der Waals surface area contributed by atoms with Crippen LogP contribution in [0.15, 0.2) is 0 Å². The zero-order valence-electron chi connectivity index (χ0n) is 9.95. The highest BCUT2D eigenvalue weighted by molar-refractivity contribution is 4.74. The minimum atomic E-state index is -0.272. The molecule has 0 aliphatic heterocycles. The monoisotopic (exact) mass is 216 g/mol. The Labute approximate surface area is 92.8 Å². The number of rotatable bonds is 7. The van der Waals surface area contributed by atoms with Gasteiger partial charge in [-0.05, 0) is 32.6 Å². The van der Waals surface area contributed by atoms with Gasteiger partial charge in [-0.1, -0.05) is 12.8 Å². The molecule has 1 atom stereocenters. The SMILES string of the molecule is CC(C)OCCOCC(O)C1CCCC1. The lowest BCUT2D eigenvalue weighted by atomic mass is 10.0. The molecule has 1 fully saturated rings. The number of aliphatic hydroxyl groups is 1. The fourth-order valence-corrected chi connectivity index (χ4v) is 2.03. The molecule has 90 valence electrons. The second-order valence-corrected chi connectivity index (χ2v) is 4.61. The van der Waals surface area contributed by atoms with Gasteiger partial charge in [0.1, 0.15) is 0 Å². The molecule has 0 bridgehead atoms. The second kappa shape index (κ2) is 7.20. The van der Waals surface area contributed by atoms with Crippen LogP contribution in [0.1, 0.15) is 39.5 Å². The maximum absolute atomic E-state index is 9.79. The molecule has 0 heterocycles. The largest absolute Gasteiger partial charge is 0.390 e. The standard InChI is InChI=1S/C12H24O3/c1-10(2)15-8-7-14-9-12(13)11-5-3-4-6-11/h10-13H,3-9H2,1-2H3. The lowest BCUT2D eigenvalue weighted by Gasteiger charge is -2.17. The number of ether oxygens (including phenoxy) is 2. The van der Waals surface area contributed by atoms with Crippen LogP contribution in [0.3, 0.4) is 0 Å². The van der Waals surface area contributed by atoms with E-state index in [4.69, 9.17) is 9.47 Å². The lowest BCUT2D eigenvalue weighted by molar-refractivity contribution is -0.0255. The average Bonchev–Trinajstić information content (AvgIpc) is 2.69. The fraction of sp³-hybridized carbons (Fsp3) is 1.00. The second-order valence-electron chi connectivity index (χ2n) is 4.61. The van der Waals surface area contributed by atoms with Crippen molar-refractivity contribution in [2.45, 2.75) is 51.7 Å². The van der Waals surface area contributed by atoms with Crippen molar-refractivity contribution >= 4 is 0 Å². The van der Waals surface area contributed by atoms with Crippen molar-refractivity contribution in [2.24, 2.45) is 5.92 Å². The third-order valence-electron chi connectivity index (χ3n) is 2.91. The van der Waals surface area contributed by atoms with Gasteiger partial charge in [-0.2, -0.15) is 0 Å². The van der Waals surface area contributed by atoms with Gasteiger partial charge in [-0.25, -0.2) is 0 Å². The minimum absolute atomic E-state index is 0.258. The number of hydrogen-bond donors (Lipinski definition) is 1. The van der Waals surface area contributed by atoms with Crippen molar-refractivity contribution in [3.63, 3.8) is 0 Å². The summed E-state index contributed by atoms with van der Waals surface area (Å²) in [4.78, 5) is 0. The fourth-order valence-electron chi connectivity index (χ4n) is 2.03. The molecule has 0 saturated heterocycles. The summed E-state index contributed by atoms with van der Waals surface area (Å²) in [6.45, 7) is 5.68. The van der Waals surface area contributed by atoms with Crippen LogP contribution in [0.2, 0.25) is 0 Å². The lowest BCUT2D eigenvalue weighted by Crippen LogP contribution is -2.24. The van der Waals surface area contributed by atoms with Gasteiger partial charge in [0.2, 0.25) is 0 Å². The Kier molecular flexibility index (Phi) is 6.22. The third-order valence-corrected chi connectivity index (χ3v) is 2.91. The normalized spacial score (nSPS) is 20.0. The quantitative estimate of drug-likeness (QED) is 0.661. The minimum Gasteiger partial charge on any atom is -0.390 e. The van der Waals surface area contributed by atoms with Crippen LogP contribution in [0.4, 0.5) is 0 Å². The van der Waals surface area contributed by atoms with Crippen molar-refractivity contribution in [3.05, 3.63) is 0 Å². The molecule has 0 radical (unpaired) electrons. The Hall–Kier alpha value is -0.120. The summed E-state index contributed by atoms with van der Waals surface area (Å²) in [6.07, 6.45) is 4.83. The first-order chi connectivity index (χ1) is 7.20. The summed E-state index contributed by atoms with van der Waals surface area (Å²) in [7, 11) is 0. The molecular weight excluding hydrogens is 192 g/mol. The molecule has 3 nitrogen and oxygen atoms in total. The highest BCUT2D eigenvalue weighted by Gasteiger charge is 2.22. The van der Waals surface area contributed by atoms with E-state index in [9.17, 15) is 5.11 Å². The highest BCUT2D eigenvalue weighted by atomic mass is 16.5. The van der Waals surface area contributed by atoms with Gasteiger partial charge in [0.25, 0.3) is 0 Å². The molecule has 0 aromatic rings. The highest BCUT2D eigenvalue weighted by Crippen LogP contribution is 2.27. The third kappa shape index (κ3) is 5.50. The Morgan fingerprint density at radius 2 is 1.87 bits per heavy atom. The van der Waals surface area contributed by atoms with Gasteiger partial charge in [-0.15, -0.1) is 0 Å². The summed E-state index contributed by atoms with van der Waals surface area (Å²) < 4.78 is 10.7. The number of aliphatic hydroxyl groups excluding tert-OH is 1. The van der Waals surface area contributed by atoms with Gasteiger partial charge in [0.05, 0.1) is 32.0 Å². The molecular formula is C12H24O3. The van der Waals surface area contributed by atoms with Gasteiger partial charge >= 0.3 is 0 Å². The zero-order valence-corrected chi connectivity index (χ0v) is 9.95. The molecule has 1 N–H and O–H groups in total. The van der Waals surface area contributed by atoms with Crippen molar-refractivity contribution in [1.29, 1.82) is 0 Å². The van der Waals surface area contributed by atoms with Gasteiger partial charge in [-0.3, -0.25) is 0 Å². The maximum Gasteiger partial charge on any atom is 0.0801 e. The van der Waals surface area contributed by atoms with E-state index in [1.165, 1.54) is 12.8 Å². The number of hydrogen-bond acceptors (Lipinski definition) is 3. The van der Waals surface area contributed by atoms with E-state index in [1.54, 1.807) is 0 Å². The predicted molar refractivity (Wildman–Crippen MR) is 59.9 cm³/mol. The van der Waals surface area contributed by atoms with E-state index >= 15 is 0 Å². The summed E-state index contributed by atoms with van der Waals surface area (Å²) in [6, 6.07) is 0. The molecule has 1 aliphatic rings. The summed E-state index contributed by atoms with van der Waals surface area (Å²) in [5.74, 6) is 0.469. The summed E-state index contributed by atoms with van der Waals surface area (Å²) in [5.41, 5.74) is 0. The predicted octanol–water partition coefficient (Wildman–Crippen LogP) is 1.98. The van der Waals surface area contributed by atoms with Crippen LogP contribution in [0.25, 0.3) is 0 Å². The summed E-state index contributed by atoms with van der Waals surface area (Å²) >= 11 is 0. The molecule has 15 heavy (non-hydrogen) atoms. The van der Waals surface area contributed by atoms with E-state index < -0.39 is 0 Å². The van der Waals surface area contributed by atoms with E-state index in [0.717, 1.165) is 12.8 Å². The van der Waals surface area contributed by atoms with Crippen LogP contribution >= 0.6 is 0 Å². The van der Waals surface area contributed by atoms with Crippen molar-refractivity contribution in [2.75, 3.05) is 19.8 Å². The Bertz CT molecular complexity index is 153. The van der Waals surface area contributed by atoms with Crippen LogP contribution < -0.4 is 0 Å². The van der Waals surface area contributed by atoms with E-state index in [1.807, 2.05) is 13.8 Å². The molecule has 0 aromatic heterocycles. The van der Waals surface area contributed by atoms with Crippen LogP contribution in [0.5, 0.6) is 0 Å². The smallest absolute Gasteiger partial charge is 0.0801 e. The average molecular weight is 216 g/mol. The Balaban J connectivity index is 1.94. The zero-order chi connectivity index (χ0) is 11.1. The Morgan fingerprint density at radius 3 is 2.47 bits per heavy atom. The maximum atomic E-state index is 9.79. The van der Waals surface area contributed by atoms with Gasteiger partial charge < -0.3 is 14.6 Å². The van der Waals surface area contributed by atoms with Crippen LogP contribution in [-0.2, 0) is 9.47 Å². The molecule has 3 heteroatoms. The molecule has 1 saturated carbocycles. The van der Waals surface area contributed by atoms with Crippen molar-refractivity contribution in [3.8, 4) is 0 Å². The first-order valence-corrected chi connectivity index (χ1v) is 6.07.